The molecule has 0 radical (unpaired) electrons. The number of fused-ring (bicyclic) bond motifs is 1. The van der Waals surface area contributed by atoms with Crippen LogP contribution < -0.4 is 5.32 Å². The Hall–Kier alpha value is -1.95. The van der Waals surface area contributed by atoms with Crippen molar-refractivity contribution >= 4 is 16.9 Å². The number of hydrogen-bond acceptors (Lipinski definition) is 3. The summed E-state index contributed by atoms with van der Waals surface area (Å²) in [4.78, 5) is 18.6. The van der Waals surface area contributed by atoms with E-state index in [9.17, 15) is 9.18 Å². The fourth-order valence-electron chi connectivity index (χ4n) is 1.75. The second-order valence-corrected chi connectivity index (χ2v) is 4.47. The number of carbonyl (C=O) groups excluding carboxylic acids is 1. The Balaban J connectivity index is 1.95. The maximum absolute atomic E-state index is 13.4. The summed E-state index contributed by atoms with van der Waals surface area (Å²) in [5.41, 5.74) is 0.918. The second kappa shape index (κ2) is 5.79. The van der Waals surface area contributed by atoms with Gasteiger partial charge in [0.05, 0.1) is 11.6 Å². The van der Waals surface area contributed by atoms with Crippen molar-refractivity contribution in [2.24, 2.45) is 0 Å². The number of aromatic nitrogens is 2. The van der Waals surface area contributed by atoms with Gasteiger partial charge in [0.2, 0.25) is 5.91 Å². The number of imidazole rings is 1. The lowest BCUT2D eigenvalue weighted by Crippen LogP contribution is -2.30. The number of aliphatic hydroxyl groups excluding tert-OH is 1. The molecule has 0 fully saturated rings. The Bertz CT molecular complexity index is 580. The van der Waals surface area contributed by atoms with Crippen LogP contribution >= 0.6 is 0 Å². The third-order valence-electron chi connectivity index (χ3n) is 2.70. The highest BCUT2D eigenvalue weighted by Gasteiger charge is 2.09. The molecule has 0 spiro atoms. The summed E-state index contributed by atoms with van der Waals surface area (Å²) in [7, 11) is 0. The number of aliphatic hydroxyl groups is 1. The molecule has 102 valence electrons. The number of rotatable bonds is 5. The molecule has 1 atom stereocenters. The van der Waals surface area contributed by atoms with Crippen LogP contribution in [0.15, 0.2) is 18.2 Å². The van der Waals surface area contributed by atoms with Gasteiger partial charge in [0.25, 0.3) is 0 Å². The van der Waals surface area contributed by atoms with E-state index in [0.29, 0.717) is 23.3 Å². The predicted octanol–water partition coefficient (Wildman–Crippen LogP) is 1.13. The van der Waals surface area contributed by atoms with Crippen LogP contribution in [-0.4, -0.2) is 33.6 Å². The Kier molecular flexibility index (Phi) is 4.11. The van der Waals surface area contributed by atoms with Gasteiger partial charge < -0.3 is 15.4 Å². The second-order valence-electron chi connectivity index (χ2n) is 4.47. The lowest BCUT2D eigenvalue weighted by molar-refractivity contribution is -0.121. The molecular formula is C13H16FN3O2. The molecule has 0 aliphatic heterocycles. The smallest absolute Gasteiger partial charge is 0.220 e. The molecule has 1 aromatic carbocycles. The molecule has 1 heterocycles. The van der Waals surface area contributed by atoms with Gasteiger partial charge in [-0.3, -0.25) is 4.79 Å². The summed E-state index contributed by atoms with van der Waals surface area (Å²) in [5.74, 6) is 0.0349. The molecule has 3 N–H and O–H groups in total. The van der Waals surface area contributed by atoms with Gasteiger partial charge in [-0.2, -0.15) is 0 Å². The third-order valence-corrected chi connectivity index (χ3v) is 2.70. The van der Waals surface area contributed by atoms with Crippen molar-refractivity contribution < 1.29 is 14.3 Å². The molecule has 1 unspecified atom stereocenters. The Morgan fingerprint density at radius 1 is 1.58 bits per heavy atom. The van der Waals surface area contributed by atoms with E-state index in [1.165, 1.54) is 6.07 Å². The number of hydrogen-bond donors (Lipinski definition) is 3. The van der Waals surface area contributed by atoms with Crippen molar-refractivity contribution in [3.8, 4) is 0 Å². The highest BCUT2D eigenvalue weighted by molar-refractivity contribution is 5.77. The van der Waals surface area contributed by atoms with Gasteiger partial charge in [-0.05, 0) is 19.1 Å². The molecular weight excluding hydrogens is 249 g/mol. The number of amides is 1. The molecule has 0 saturated carbocycles. The number of halogens is 1. The van der Waals surface area contributed by atoms with E-state index < -0.39 is 6.10 Å². The molecule has 0 bridgehead atoms. The van der Waals surface area contributed by atoms with Crippen LogP contribution in [0.4, 0.5) is 4.39 Å². The highest BCUT2D eigenvalue weighted by atomic mass is 19.1. The van der Waals surface area contributed by atoms with E-state index in [1.54, 1.807) is 19.1 Å². The highest BCUT2D eigenvalue weighted by Crippen LogP contribution is 2.15. The summed E-state index contributed by atoms with van der Waals surface area (Å²) in [6, 6.07) is 4.69. The number of nitrogens with one attached hydrogen (secondary N) is 2. The molecule has 0 saturated heterocycles. The van der Waals surface area contributed by atoms with Crippen molar-refractivity contribution in [1.82, 2.24) is 15.3 Å². The van der Waals surface area contributed by atoms with Gasteiger partial charge in [-0.1, -0.05) is 6.07 Å². The molecule has 1 aromatic heterocycles. The van der Waals surface area contributed by atoms with E-state index in [2.05, 4.69) is 15.3 Å². The minimum atomic E-state index is -0.566. The maximum Gasteiger partial charge on any atom is 0.220 e. The summed E-state index contributed by atoms with van der Waals surface area (Å²) in [6.07, 6.45) is 0.0812. The predicted molar refractivity (Wildman–Crippen MR) is 69.1 cm³/mol. The number of benzene rings is 1. The zero-order valence-electron chi connectivity index (χ0n) is 10.6. The Labute approximate surface area is 109 Å². The van der Waals surface area contributed by atoms with Crippen molar-refractivity contribution in [3.63, 3.8) is 0 Å². The van der Waals surface area contributed by atoms with Crippen LogP contribution in [0.1, 0.15) is 19.2 Å². The molecule has 0 aliphatic carbocycles. The van der Waals surface area contributed by atoms with Gasteiger partial charge in [0.15, 0.2) is 5.82 Å². The number of aromatic amines is 1. The van der Waals surface area contributed by atoms with E-state index in [4.69, 9.17) is 5.11 Å². The zero-order chi connectivity index (χ0) is 13.8. The van der Waals surface area contributed by atoms with Crippen LogP contribution in [0.5, 0.6) is 0 Å². The minimum Gasteiger partial charge on any atom is -0.392 e. The first kappa shape index (κ1) is 13.5. The maximum atomic E-state index is 13.4. The SMILES string of the molecule is CC(O)CNC(=O)CCc1nc2c(F)cccc2[nH]1. The fourth-order valence-corrected chi connectivity index (χ4v) is 1.75. The molecule has 19 heavy (non-hydrogen) atoms. The van der Waals surface area contributed by atoms with Crippen LogP contribution in [0, 0.1) is 5.82 Å². The number of carbonyl (C=O) groups is 1. The molecule has 0 aliphatic rings. The van der Waals surface area contributed by atoms with Crippen LogP contribution in [-0.2, 0) is 11.2 Å². The first-order valence-electron chi connectivity index (χ1n) is 6.14. The quantitative estimate of drug-likeness (QED) is 0.758. The van der Waals surface area contributed by atoms with E-state index >= 15 is 0 Å². The zero-order valence-corrected chi connectivity index (χ0v) is 10.6. The van der Waals surface area contributed by atoms with E-state index in [1.807, 2.05) is 0 Å². The molecule has 5 nitrogen and oxygen atoms in total. The van der Waals surface area contributed by atoms with Crippen molar-refractivity contribution in [2.45, 2.75) is 25.9 Å². The van der Waals surface area contributed by atoms with Gasteiger partial charge in [0.1, 0.15) is 11.3 Å². The van der Waals surface area contributed by atoms with E-state index in [0.717, 1.165) is 0 Å². The number of nitrogens with zero attached hydrogens (tertiary/aromatic N) is 1. The van der Waals surface area contributed by atoms with Crippen molar-refractivity contribution in [2.75, 3.05) is 6.54 Å². The summed E-state index contributed by atoms with van der Waals surface area (Å²) >= 11 is 0. The third kappa shape index (κ3) is 3.51. The van der Waals surface area contributed by atoms with Crippen LogP contribution in [0.2, 0.25) is 0 Å². The molecule has 6 heteroatoms. The lowest BCUT2D eigenvalue weighted by atomic mass is 10.3. The molecule has 2 rings (SSSR count). The molecule has 1 amide bonds. The van der Waals surface area contributed by atoms with E-state index in [-0.39, 0.29) is 24.7 Å². The summed E-state index contributed by atoms with van der Waals surface area (Å²) in [5, 5.41) is 11.6. The summed E-state index contributed by atoms with van der Waals surface area (Å²) < 4.78 is 13.4. The average Bonchev–Trinajstić information content (AvgIpc) is 2.78. The number of aryl methyl sites for hydroxylation is 1. The Morgan fingerprint density at radius 2 is 2.37 bits per heavy atom. The number of para-hydroxylation sites is 1. The number of H-pyrrole nitrogens is 1. The summed E-state index contributed by atoms with van der Waals surface area (Å²) in [6.45, 7) is 1.83. The average molecular weight is 265 g/mol. The van der Waals surface area contributed by atoms with Gasteiger partial charge >= 0.3 is 0 Å². The first-order chi connectivity index (χ1) is 9.06. The van der Waals surface area contributed by atoms with Crippen LogP contribution in [0.25, 0.3) is 11.0 Å². The first-order valence-corrected chi connectivity index (χ1v) is 6.14. The Morgan fingerprint density at radius 3 is 3.05 bits per heavy atom. The van der Waals surface area contributed by atoms with Gasteiger partial charge in [-0.15, -0.1) is 0 Å². The largest absolute Gasteiger partial charge is 0.392 e. The normalized spacial score (nSPS) is 12.6. The van der Waals surface area contributed by atoms with Crippen molar-refractivity contribution in [3.05, 3.63) is 29.8 Å². The standard InChI is InChI=1S/C13H16FN3O2/c1-8(18)7-15-12(19)6-5-11-16-10-4-2-3-9(14)13(10)17-11/h2-4,8,18H,5-7H2,1H3,(H,15,19)(H,16,17). The molecule has 2 aromatic rings. The topological polar surface area (TPSA) is 78.0 Å². The fraction of sp³-hybridized carbons (Fsp3) is 0.385. The lowest BCUT2D eigenvalue weighted by Gasteiger charge is -2.05. The monoisotopic (exact) mass is 265 g/mol. The van der Waals surface area contributed by atoms with Gasteiger partial charge in [0, 0.05) is 19.4 Å². The van der Waals surface area contributed by atoms with Crippen molar-refractivity contribution in [1.29, 1.82) is 0 Å². The minimum absolute atomic E-state index is 0.165. The van der Waals surface area contributed by atoms with Gasteiger partial charge in [-0.25, -0.2) is 9.37 Å². The van der Waals surface area contributed by atoms with Crippen LogP contribution in [0.3, 0.4) is 0 Å².